The third-order valence-electron chi connectivity index (χ3n) is 5.46. The number of amides is 1. The Morgan fingerprint density at radius 3 is 2.93 bits per heavy atom. The van der Waals surface area contributed by atoms with Gasteiger partial charge in [-0.05, 0) is 30.3 Å². The first-order valence-corrected chi connectivity index (χ1v) is 9.87. The molecule has 0 saturated carbocycles. The summed E-state index contributed by atoms with van der Waals surface area (Å²) in [6.45, 7) is 1.38. The minimum Gasteiger partial charge on any atom is -0.358 e. The Morgan fingerprint density at radius 1 is 1.17 bits per heavy atom. The van der Waals surface area contributed by atoms with Gasteiger partial charge in [-0.2, -0.15) is 0 Å². The lowest BCUT2D eigenvalue weighted by atomic mass is 10.0. The van der Waals surface area contributed by atoms with E-state index in [0.29, 0.717) is 29.0 Å². The van der Waals surface area contributed by atoms with Gasteiger partial charge in [-0.1, -0.05) is 28.9 Å². The summed E-state index contributed by atoms with van der Waals surface area (Å²) < 4.78 is 1.26. The number of nitrogens with zero attached hydrogens (tertiary/aromatic N) is 4. The van der Waals surface area contributed by atoms with Crippen molar-refractivity contribution in [2.45, 2.75) is 25.9 Å². The number of benzene rings is 2. The second kappa shape index (κ2) is 7.00. The summed E-state index contributed by atoms with van der Waals surface area (Å²) in [5.74, 6) is -0.00566. The monoisotopic (exact) mass is 407 g/mol. The van der Waals surface area contributed by atoms with Crippen LogP contribution in [0.2, 0.25) is 5.02 Å². The van der Waals surface area contributed by atoms with Gasteiger partial charge in [0.25, 0.3) is 5.56 Å². The van der Waals surface area contributed by atoms with Gasteiger partial charge < -0.3 is 9.88 Å². The van der Waals surface area contributed by atoms with Gasteiger partial charge in [0.1, 0.15) is 5.52 Å². The highest BCUT2D eigenvalue weighted by atomic mass is 35.5. The van der Waals surface area contributed by atoms with Crippen LogP contribution in [-0.4, -0.2) is 37.3 Å². The molecule has 3 heterocycles. The average Bonchev–Trinajstić information content (AvgIpc) is 3.10. The molecule has 0 atom stereocenters. The van der Waals surface area contributed by atoms with Crippen LogP contribution < -0.4 is 5.56 Å². The third-order valence-corrected chi connectivity index (χ3v) is 5.69. The van der Waals surface area contributed by atoms with Crippen LogP contribution >= 0.6 is 11.6 Å². The molecular formula is C21H18ClN5O2. The van der Waals surface area contributed by atoms with Crippen molar-refractivity contribution < 1.29 is 4.79 Å². The van der Waals surface area contributed by atoms with Crippen molar-refractivity contribution in [3.05, 3.63) is 69.1 Å². The Bertz CT molecular complexity index is 1310. The van der Waals surface area contributed by atoms with Crippen LogP contribution in [0.15, 0.2) is 47.3 Å². The SMILES string of the molecule is O=C(CCn1nnc2ccccc2c1=O)N1CCc2[nH]c3ccc(Cl)cc3c2C1. The van der Waals surface area contributed by atoms with Gasteiger partial charge in [-0.3, -0.25) is 9.59 Å². The van der Waals surface area contributed by atoms with E-state index >= 15 is 0 Å². The predicted molar refractivity (Wildman–Crippen MR) is 111 cm³/mol. The maximum absolute atomic E-state index is 12.8. The van der Waals surface area contributed by atoms with Crippen molar-refractivity contribution in [1.82, 2.24) is 24.9 Å². The zero-order chi connectivity index (χ0) is 20.0. The summed E-state index contributed by atoms with van der Waals surface area (Å²) in [4.78, 5) is 30.6. The van der Waals surface area contributed by atoms with Crippen molar-refractivity contribution in [2.24, 2.45) is 0 Å². The quantitative estimate of drug-likeness (QED) is 0.566. The molecule has 0 aliphatic carbocycles. The van der Waals surface area contributed by atoms with E-state index in [1.165, 1.54) is 4.68 Å². The summed E-state index contributed by atoms with van der Waals surface area (Å²) in [7, 11) is 0. The van der Waals surface area contributed by atoms with Gasteiger partial charge in [-0.25, -0.2) is 4.68 Å². The van der Waals surface area contributed by atoms with Crippen molar-refractivity contribution in [1.29, 1.82) is 0 Å². The lowest BCUT2D eigenvalue weighted by Crippen LogP contribution is -2.37. The van der Waals surface area contributed by atoms with Crippen molar-refractivity contribution >= 4 is 39.3 Å². The van der Waals surface area contributed by atoms with Crippen LogP contribution in [0.25, 0.3) is 21.8 Å². The number of fused-ring (bicyclic) bond motifs is 4. The topological polar surface area (TPSA) is 83.9 Å². The number of hydrogen-bond acceptors (Lipinski definition) is 4. The molecule has 146 valence electrons. The molecule has 1 amide bonds. The maximum Gasteiger partial charge on any atom is 0.277 e. The minimum atomic E-state index is -0.226. The molecule has 5 rings (SSSR count). The number of nitrogens with one attached hydrogen (secondary N) is 1. The fourth-order valence-corrected chi connectivity index (χ4v) is 4.10. The lowest BCUT2D eigenvalue weighted by molar-refractivity contribution is -0.132. The number of carbonyl (C=O) groups excluding carboxylic acids is 1. The molecule has 4 aromatic rings. The molecular weight excluding hydrogens is 390 g/mol. The number of halogens is 1. The zero-order valence-corrected chi connectivity index (χ0v) is 16.3. The van der Waals surface area contributed by atoms with E-state index < -0.39 is 0 Å². The molecule has 8 heteroatoms. The van der Waals surface area contributed by atoms with E-state index in [9.17, 15) is 9.59 Å². The molecule has 0 radical (unpaired) electrons. The van der Waals surface area contributed by atoms with Crippen molar-refractivity contribution in [3.63, 3.8) is 0 Å². The average molecular weight is 408 g/mol. The number of rotatable bonds is 3. The summed E-state index contributed by atoms with van der Waals surface area (Å²) in [5, 5.41) is 10.3. The molecule has 29 heavy (non-hydrogen) atoms. The number of aromatic amines is 1. The van der Waals surface area contributed by atoms with Crippen LogP contribution in [-0.2, 0) is 24.3 Å². The lowest BCUT2D eigenvalue weighted by Gasteiger charge is -2.27. The molecule has 1 N–H and O–H groups in total. The van der Waals surface area contributed by atoms with E-state index in [0.717, 1.165) is 28.6 Å². The smallest absolute Gasteiger partial charge is 0.277 e. The van der Waals surface area contributed by atoms with Gasteiger partial charge in [-0.15, -0.1) is 5.10 Å². The Balaban J connectivity index is 1.34. The largest absolute Gasteiger partial charge is 0.358 e. The number of carbonyl (C=O) groups is 1. The van der Waals surface area contributed by atoms with Crippen molar-refractivity contribution in [2.75, 3.05) is 6.54 Å². The van der Waals surface area contributed by atoms with Crippen LogP contribution in [0, 0.1) is 0 Å². The molecule has 0 saturated heterocycles. The third kappa shape index (κ3) is 3.17. The molecule has 2 aromatic carbocycles. The Hall–Kier alpha value is -3.19. The number of H-pyrrole nitrogens is 1. The molecule has 0 spiro atoms. The molecule has 0 fully saturated rings. The number of aryl methyl sites for hydroxylation is 1. The Morgan fingerprint density at radius 2 is 2.03 bits per heavy atom. The van der Waals surface area contributed by atoms with Crippen LogP contribution in [0.3, 0.4) is 0 Å². The second-order valence-corrected chi connectivity index (χ2v) is 7.66. The highest BCUT2D eigenvalue weighted by molar-refractivity contribution is 6.31. The van der Waals surface area contributed by atoms with Gasteiger partial charge in [0.2, 0.25) is 5.91 Å². The molecule has 0 bridgehead atoms. The first kappa shape index (κ1) is 17.9. The Kier molecular flexibility index (Phi) is 4.32. The zero-order valence-electron chi connectivity index (χ0n) is 15.6. The van der Waals surface area contributed by atoms with Crippen molar-refractivity contribution in [3.8, 4) is 0 Å². The van der Waals surface area contributed by atoms with Gasteiger partial charge in [0.05, 0.1) is 11.9 Å². The fraction of sp³-hybridized carbons (Fsp3) is 0.238. The highest BCUT2D eigenvalue weighted by Gasteiger charge is 2.24. The van der Waals surface area contributed by atoms with E-state index in [-0.39, 0.29) is 24.4 Å². The highest BCUT2D eigenvalue weighted by Crippen LogP contribution is 2.30. The van der Waals surface area contributed by atoms with Gasteiger partial charge >= 0.3 is 0 Å². The summed E-state index contributed by atoms with van der Waals surface area (Å²) in [5.41, 5.74) is 3.64. The fourth-order valence-electron chi connectivity index (χ4n) is 3.93. The number of aromatic nitrogens is 4. The van der Waals surface area contributed by atoms with E-state index in [4.69, 9.17) is 11.6 Å². The summed E-state index contributed by atoms with van der Waals surface area (Å²) in [6.07, 6.45) is 0.967. The summed E-state index contributed by atoms with van der Waals surface area (Å²) >= 11 is 6.15. The summed E-state index contributed by atoms with van der Waals surface area (Å²) in [6, 6.07) is 12.8. The van der Waals surface area contributed by atoms with Gasteiger partial charge in [0.15, 0.2) is 0 Å². The molecule has 7 nitrogen and oxygen atoms in total. The molecule has 1 aliphatic heterocycles. The number of hydrogen-bond donors (Lipinski definition) is 1. The first-order valence-electron chi connectivity index (χ1n) is 9.49. The Labute approximate surface area is 170 Å². The molecule has 0 unspecified atom stereocenters. The second-order valence-electron chi connectivity index (χ2n) is 7.22. The van der Waals surface area contributed by atoms with E-state index in [1.54, 1.807) is 18.2 Å². The molecule has 2 aromatic heterocycles. The maximum atomic E-state index is 12.8. The predicted octanol–water partition coefficient (Wildman–Crippen LogP) is 2.90. The molecule has 1 aliphatic rings. The normalized spacial score (nSPS) is 13.8. The first-order chi connectivity index (χ1) is 14.1. The van der Waals surface area contributed by atoms with Crippen LogP contribution in [0.4, 0.5) is 0 Å². The van der Waals surface area contributed by atoms with Crippen LogP contribution in [0.1, 0.15) is 17.7 Å². The van der Waals surface area contributed by atoms with Crippen LogP contribution in [0.5, 0.6) is 0 Å². The minimum absolute atomic E-state index is 0.00566. The van der Waals surface area contributed by atoms with E-state index in [2.05, 4.69) is 15.3 Å². The van der Waals surface area contributed by atoms with E-state index in [1.807, 2.05) is 29.2 Å². The van der Waals surface area contributed by atoms with Gasteiger partial charge in [0, 0.05) is 53.1 Å². The standard InChI is InChI=1S/C21H18ClN5O2/c22-13-5-6-17-15(11-13)16-12-26(9-7-18(16)23-17)20(28)8-10-27-21(29)14-3-1-2-4-19(14)24-25-27/h1-6,11,23H,7-10,12H2.